The number of nitrogens with zero attached hydrogens (tertiary/aromatic N) is 3. The third-order valence-electron chi connectivity index (χ3n) is 5.97. The average Bonchev–Trinajstić information content (AvgIpc) is 3.18. The number of thiophene rings is 1. The first-order chi connectivity index (χ1) is 15.8. The number of nitrogens with one attached hydrogen (secondary N) is 2. The molecule has 6 nitrogen and oxygen atoms in total. The summed E-state index contributed by atoms with van der Waals surface area (Å²) in [7, 11) is 0. The van der Waals surface area contributed by atoms with Gasteiger partial charge >= 0.3 is 0 Å². The largest absolute Gasteiger partial charge is 0.340 e. The molecule has 174 valence electrons. The van der Waals surface area contributed by atoms with Gasteiger partial charge in [-0.2, -0.15) is 0 Å². The van der Waals surface area contributed by atoms with E-state index < -0.39 is 0 Å². The fourth-order valence-corrected chi connectivity index (χ4v) is 5.15. The Morgan fingerprint density at radius 2 is 2.09 bits per heavy atom. The standard InChI is InChI=1S/C24H27Cl2N5OS/c1-4-24(2,3)29-10-5-6-20(32)31-11-9-16-19(13-31)33-23-21(16)22(27-14-28-23)30-15-7-8-17(25)18(26)12-15/h5-8,12,14,29H,4,9-11,13H2,1-3H3,(H,27,28,30)/b6-5+. The fraction of sp³-hybridized carbons (Fsp3) is 0.375. The van der Waals surface area contributed by atoms with E-state index in [1.54, 1.807) is 35.9 Å². The van der Waals surface area contributed by atoms with Gasteiger partial charge in [0.15, 0.2) is 0 Å². The SMILES string of the molecule is CCC(C)(C)NC/C=C/C(=O)N1CCc2c(sc3ncnc(Nc4ccc(Cl)c(Cl)c4)c23)C1. The van der Waals surface area contributed by atoms with Gasteiger partial charge in [-0.25, -0.2) is 9.97 Å². The van der Waals surface area contributed by atoms with Crippen LogP contribution in [0.5, 0.6) is 0 Å². The van der Waals surface area contributed by atoms with Gasteiger partial charge in [0.25, 0.3) is 0 Å². The van der Waals surface area contributed by atoms with E-state index in [1.807, 2.05) is 17.0 Å². The molecule has 3 aromatic rings. The number of carbonyl (C=O) groups excluding carboxylic acids is 1. The summed E-state index contributed by atoms with van der Waals surface area (Å²) < 4.78 is 0. The van der Waals surface area contributed by atoms with E-state index in [0.29, 0.717) is 29.7 Å². The minimum Gasteiger partial charge on any atom is -0.340 e. The summed E-state index contributed by atoms with van der Waals surface area (Å²) in [5.74, 6) is 0.773. The molecule has 1 amide bonds. The number of aromatic nitrogens is 2. The van der Waals surface area contributed by atoms with Crippen molar-refractivity contribution >= 4 is 62.2 Å². The first-order valence-electron chi connectivity index (χ1n) is 10.9. The van der Waals surface area contributed by atoms with Crippen LogP contribution in [0.2, 0.25) is 10.0 Å². The zero-order chi connectivity index (χ0) is 23.6. The van der Waals surface area contributed by atoms with E-state index in [1.165, 1.54) is 5.56 Å². The van der Waals surface area contributed by atoms with Crippen molar-refractivity contribution in [2.24, 2.45) is 0 Å². The van der Waals surface area contributed by atoms with Crippen LogP contribution < -0.4 is 10.6 Å². The quantitative estimate of drug-likeness (QED) is 0.389. The molecule has 0 radical (unpaired) electrons. The smallest absolute Gasteiger partial charge is 0.246 e. The van der Waals surface area contributed by atoms with E-state index in [2.05, 4.69) is 41.4 Å². The normalized spacial score (nSPS) is 14.2. The first kappa shape index (κ1) is 24.0. The highest BCUT2D eigenvalue weighted by Crippen LogP contribution is 2.38. The van der Waals surface area contributed by atoms with E-state index in [4.69, 9.17) is 23.2 Å². The summed E-state index contributed by atoms with van der Waals surface area (Å²) >= 11 is 13.8. The van der Waals surface area contributed by atoms with Crippen molar-refractivity contribution in [3.8, 4) is 0 Å². The lowest BCUT2D eigenvalue weighted by Crippen LogP contribution is -2.38. The number of halogens is 2. The van der Waals surface area contributed by atoms with Gasteiger partial charge in [0.2, 0.25) is 5.91 Å². The molecule has 1 aliphatic rings. The molecule has 0 spiro atoms. The van der Waals surface area contributed by atoms with Crippen molar-refractivity contribution in [3.63, 3.8) is 0 Å². The van der Waals surface area contributed by atoms with Crippen LogP contribution in [0.4, 0.5) is 11.5 Å². The molecule has 0 aliphatic carbocycles. The number of hydrogen-bond acceptors (Lipinski definition) is 6. The molecule has 0 atom stereocenters. The first-order valence-corrected chi connectivity index (χ1v) is 12.5. The lowest BCUT2D eigenvalue weighted by molar-refractivity contribution is -0.126. The zero-order valence-corrected chi connectivity index (χ0v) is 21.2. The Kier molecular flexibility index (Phi) is 7.24. The van der Waals surface area contributed by atoms with Crippen LogP contribution in [0, 0.1) is 0 Å². The summed E-state index contributed by atoms with van der Waals surface area (Å²) in [6, 6.07) is 5.40. The molecule has 9 heteroatoms. The molecule has 3 heterocycles. The molecular weight excluding hydrogens is 477 g/mol. The molecule has 0 unspecified atom stereocenters. The van der Waals surface area contributed by atoms with Crippen molar-refractivity contribution in [3.05, 3.63) is 57.2 Å². The molecule has 0 saturated heterocycles. The van der Waals surface area contributed by atoms with Gasteiger partial charge in [-0.15, -0.1) is 11.3 Å². The lowest BCUT2D eigenvalue weighted by Gasteiger charge is -2.26. The Balaban J connectivity index is 1.50. The summed E-state index contributed by atoms with van der Waals surface area (Å²) in [6.07, 6.45) is 6.93. The minimum atomic E-state index is 0.0365. The molecule has 2 aromatic heterocycles. The number of hydrogen-bond donors (Lipinski definition) is 2. The topological polar surface area (TPSA) is 70.2 Å². The van der Waals surface area contributed by atoms with E-state index in [-0.39, 0.29) is 11.4 Å². The number of carbonyl (C=O) groups is 1. The molecule has 33 heavy (non-hydrogen) atoms. The second-order valence-corrected chi connectivity index (χ2v) is 10.6. The number of fused-ring (bicyclic) bond motifs is 3. The van der Waals surface area contributed by atoms with Crippen LogP contribution in [0.3, 0.4) is 0 Å². The third-order valence-corrected chi connectivity index (χ3v) is 7.84. The highest BCUT2D eigenvalue weighted by molar-refractivity contribution is 7.19. The van der Waals surface area contributed by atoms with E-state index >= 15 is 0 Å². The monoisotopic (exact) mass is 503 g/mol. The lowest BCUT2D eigenvalue weighted by atomic mass is 10.0. The van der Waals surface area contributed by atoms with Crippen molar-refractivity contribution < 1.29 is 4.79 Å². The van der Waals surface area contributed by atoms with E-state index in [0.717, 1.165) is 39.4 Å². The van der Waals surface area contributed by atoms with Crippen molar-refractivity contribution in [1.29, 1.82) is 0 Å². The summed E-state index contributed by atoms with van der Waals surface area (Å²) in [5, 5.41) is 8.79. The summed E-state index contributed by atoms with van der Waals surface area (Å²) in [4.78, 5) is 25.6. The second-order valence-electron chi connectivity index (χ2n) is 8.69. The highest BCUT2D eigenvalue weighted by Gasteiger charge is 2.25. The number of benzene rings is 1. The Morgan fingerprint density at radius 3 is 2.85 bits per heavy atom. The molecular formula is C24H27Cl2N5OS. The van der Waals surface area contributed by atoms with Crippen molar-refractivity contribution in [2.45, 2.75) is 45.7 Å². The van der Waals surface area contributed by atoms with Crippen molar-refractivity contribution in [1.82, 2.24) is 20.2 Å². The van der Waals surface area contributed by atoms with Gasteiger partial charge in [-0.1, -0.05) is 36.2 Å². The third kappa shape index (κ3) is 5.49. The second kappa shape index (κ2) is 9.97. The molecule has 0 fully saturated rings. The van der Waals surface area contributed by atoms with Gasteiger partial charge < -0.3 is 15.5 Å². The average molecular weight is 504 g/mol. The predicted molar refractivity (Wildman–Crippen MR) is 138 cm³/mol. The maximum Gasteiger partial charge on any atom is 0.246 e. The Hall–Kier alpha value is -2.19. The number of anilines is 2. The van der Waals surface area contributed by atoms with Crippen LogP contribution in [-0.4, -0.2) is 39.4 Å². The molecule has 0 saturated carbocycles. The summed E-state index contributed by atoms with van der Waals surface area (Å²) in [6.45, 7) is 8.38. The predicted octanol–water partition coefficient (Wildman–Crippen LogP) is 5.96. The van der Waals surface area contributed by atoms with Crippen LogP contribution in [0.25, 0.3) is 10.2 Å². The molecule has 1 aliphatic heterocycles. The van der Waals surface area contributed by atoms with Gasteiger partial charge in [-0.05, 0) is 50.5 Å². The summed E-state index contributed by atoms with van der Waals surface area (Å²) in [5.41, 5.74) is 2.08. The maximum atomic E-state index is 12.7. The maximum absolute atomic E-state index is 12.7. The van der Waals surface area contributed by atoms with Crippen LogP contribution in [0.1, 0.15) is 37.6 Å². The highest BCUT2D eigenvalue weighted by atomic mass is 35.5. The molecule has 0 bridgehead atoms. The van der Waals surface area contributed by atoms with E-state index in [9.17, 15) is 4.79 Å². The number of rotatable bonds is 7. The van der Waals surface area contributed by atoms with Gasteiger partial charge in [0, 0.05) is 35.3 Å². The molecule has 2 N–H and O–H groups in total. The van der Waals surface area contributed by atoms with Gasteiger partial charge in [0.1, 0.15) is 17.0 Å². The molecule has 4 rings (SSSR count). The van der Waals surface area contributed by atoms with Crippen LogP contribution >= 0.6 is 34.5 Å². The Bertz CT molecular complexity index is 1210. The van der Waals surface area contributed by atoms with Gasteiger partial charge in [-0.3, -0.25) is 4.79 Å². The van der Waals surface area contributed by atoms with Crippen LogP contribution in [-0.2, 0) is 17.8 Å². The zero-order valence-electron chi connectivity index (χ0n) is 18.9. The minimum absolute atomic E-state index is 0.0365. The van der Waals surface area contributed by atoms with Crippen LogP contribution in [0.15, 0.2) is 36.7 Å². The van der Waals surface area contributed by atoms with Crippen molar-refractivity contribution in [2.75, 3.05) is 18.4 Å². The Morgan fingerprint density at radius 1 is 1.27 bits per heavy atom. The number of amides is 1. The Labute approximate surface area is 208 Å². The molecule has 1 aromatic carbocycles. The van der Waals surface area contributed by atoms with Gasteiger partial charge in [0.05, 0.1) is 22.0 Å². The fourth-order valence-electron chi connectivity index (χ4n) is 3.65.